The van der Waals surface area contributed by atoms with Gasteiger partial charge in [0.25, 0.3) is 0 Å². The van der Waals surface area contributed by atoms with Crippen LogP contribution < -0.4 is 10.1 Å². The molecular formula is C16H21F3N2O4. The van der Waals surface area contributed by atoms with Crippen molar-refractivity contribution in [2.75, 3.05) is 20.2 Å². The van der Waals surface area contributed by atoms with Gasteiger partial charge in [-0.2, -0.15) is 13.2 Å². The molecule has 0 heterocycles. The number of carboxylic acids is 1. The minimum atomic E-state index is -4.41. The number of carboxylic acid groups (broad SMARTS) is 1. The molecule has 9 heteroatoms. The molecule has 0 saturated carbocycles. The zero-order chi connectivity index (χ0) is 19.2. The summed E-state index contributed by atoms with van der Waals surface area (Å²) in [6.07, 6.45) is -4.41. The van der Waals surface area contributed by atoms with Crippen LogP contribution in [0.4, 0.5) is 18.0 Å². The molecule has 25 heavy (non-hydrogen) atoms. The van der Waals surface area contributed by atoms with Gasteiger partial charge in [0.05, 0.1) is 12.0 Å². The Kier molecular flexibility index (Phi) is 7.08. The third-order valence-electron chi connectivity index (χ3n) is 3.44. The summed E-state index contributed by atoms with van der Waals surface area (Å²) in [5.41, 5.74) is 0.674. The predicted molar refractivity (Wildman–Crippen MR) is 84.4 cm³/mol. The summed E-state index contributed by atoms with van der Waals surface area (Å²) in [5, 5.41) is 11.5. The molecule has 1 aromatic rings. The zero-order valence-electron chi connectivity index (χ0n) is 14.1. The lowest BCUT2D eigenvalue weighted by Gasteiger charge is -2.23. The first-order valence-electron chi connectivity index (χ1n) is 7.53. The summed E-state index contributed by atoms with van der Waals surface area (Å²) in [4.78, 5) is 24.1. The molecule has 1 rings (SSSR count). The summed E-state index contributed by atoms with van der Waals surface area (Å²) < 4.78 is 40.9. The second kappa shape index (κ2) is 8.59. The van der Waals surface area contributed by atoms with Crippen molar-refractivity contribution in [3.05, 3.63) is 29.8 Å². The number of nitrogens with zero attached hydrogens (tertiary/aromatic N) is 1. The Morgan fingerprint density at radius 3 is 2.28 bits per heavy atom. The monoisotopic (exact) mass is 362 g/mol. The number of nitrogens with one attached hydrogen (secondary N) is 1. The fourth-order valence-corrected chi connectivity index (χ4v) is 1.97. The number of carbonyl (C=O) groups is 2. The summed E-state index contributed by atoms with van der Waals surface area (Å²) in [6.45, 7) is 1.89. The van der Waals surface area contributed by atoms with E-state index in [9.17, 15) is 22.8 Å². The molecule has 0 spiro atoms. The van der Waals surface area contributed by atoms with Gasteiger partial charge in [0.1, 0.15) is 5.75 Å². The molecular weight excluding hydrogens is 341 g/mol. The smallest absolute Gasteiger partial charge is 0.422 e. The normalized spacial score (nSPS) is 13.7. The standard InChI is InChI=1S/C16H21F3N2O4/c1-10(14(22)23)8-21(3)15(24)20-11(2)12-4-6-13(7-5-12)25-9-16(17,18)19/h4-7,10-11H,8-9H2,1-3H3,(H,20,24)(H,22,23). The van der Waals surface area contributed by atoms with Gasteiger partial charge >= 0.3 is 18.2 Å². The van der Waals surface area contributed by atoms with Crippen molar-refractivity contribution in [3.8, 4) is 5.75 Å². The number of alkyl halides is 3. The minimum Gasteiger partial charge on any atom is -0.484 e. The lowest BCUT2D eigenvalue weighted by Crippen LogP contribution is -2.41. The summed E-state index contributed by atoms with van der Waals surface area (Å²) in [7, 11) is 1.48. The number of urea groups is 1. The fraction of sp³-hybridized carbons (Fsp3) is 0.500. The highest BCUT2D eigenvalue weighted by atomic mass is 19.4. The van der Waals surface area contributed by atoms with Crippen LogP contribution in [0.1, 0.15) is 25.5 Å². The third kappa shape index (κ3) is 7.32. The molecule has 2 atom stereocenters. The predicted octanol–water partition coefficient (Wildman–Crippen LogP) is 3.05. The number of ether oxygens (including phenoxy) is 1. The average molecular weight is 362 g/mol. The van der Waals surface area contributed by atoms with Crippen LogP contribution >= 0.6 is 0 Å². The van der Waals surface area contributed by atoms with Crippen LogP contribution in [0, 0.1) is 5.92 Å². The van der Waals surface area contributed by atoms with Crippen molar-refractivity contribution in [1.29, 1.82) is 0 Å². The Labute approximate surface area is 143 Å². The van der Waals surface area contributed by atoms with Crippen molar-refractivity contribution >= 4 is 12.0 Å². The SMILES string of the molecule is CC(CN(C)C(=O)NC(C)c1ccc(OCC(F)(F)F)cc1)C(=O)O. The van der Waals surface area contributed by atoms with Gasteiger partial charge < -0.3 is 20.1 Å². The molecule has 2 unspecified atom stereocenters. The number of rotatable bonds is 7. The molecule has 2 amide bonds. The van der Waals surface area contributed by atoms with Crippen molar-refractivity contribution in [3.63, 3.8) is 0 Å². The highest BCUT2D eigenvalue weighted by molar-refractivity contribution is 5.76. The zero-order valence-corrected chi connectivity index (χ0v) is 14.1. The Hall–Kier alpha value is -2.45. The first-order valence-corrected chi connectivity index (χ1v) is 7.53. The van der Waals surface area contributed by atoms with Crippen LogP contribution in [0.2, 0.25) is 0 Å². The van der Waals surface area contributed by atoms with E-state index in [1.165, 1.54) is 31.0 Å². The number of aliphatic carboxylic acids is 1. The number of benzene rings is 1. The second-order valence-electron chi connectivity index (χ2n) is 5.76. The van der Waals surface area contributed by atoms with Crippen LogP contribution in [-0.2, 0) is 4.79 Å². The van der Waals surface area contributed by atoms with Gasteiger partial charge in [-0.15, -0.1) is 0 Å². The van der Waals surface area contributed by atoms with Gasteiger partial charge in [-0.3, -0.25) is 4.79 Å². The van der Waals surface area contributed by atoms with Gasteiger partial charge in [-0.1, -0.05) is 19.1 Å². The fourth-order valence-electron chi connectivity index (χ4n) is 1.97. The highest BCUT2D eigenvalue weighted by Gasteiger charge is 2.28. The number of carbonyl (C=O) groups excluding carboxylic acids is 1. The van der Waals surface area contributed by atoms with Gasteiger partial charge in [-0.05, 0) is 24.6 Å². The Morgan fingerprint density at radius 1 is 1.24 bits per heavy atom. The molecule has 0 aromatic heterocycles. The van der Waals surface area contributed by atoms with E-state index in [0.29, 0.717) is 5.56 Å². The first-order chi connectivity index (χ1) is 11.5. The summed E-state index contributed by atoms with van der Waals surface area (Å²) in [6, 6.07) is 5.03. The van der Waals surface area contributed by atoms with E-state index in [1.807, 2.05) is 0 Å². The van der Waals surface area contributed by atoms with E-state index >= 15 is 0 Å². The van der Waals surface area contributed by atoms with E-state index < -0.39 is 36.7 Å². The second-order valence-corrected chi connectivity index (χ2v) is 5.76. The molecule has 0 radical (unpaired) electrons. The molecule has 0 aliphatic carbocycles. The van der Waals surface area contributed by atoms with Gasteiger partial charge in [0.2, 0.25) is 0 Å². The maximum atomic E-state index is 12.1. The van der Waals surface area contributed by atoms with Gasteiger partial charge in [-0.25, -0.2) is 4.79 Å². The topological polar surface area (TPSA) is 78.9 Å². The third-order valence-corrected chi connectivity index (χ3v) is 3.44. The Balaban J connectivity index is 2.57. The molecule has 0 fully saturated rings. The minimum absolute atomic E-state index is 0.0537. The molecule has 6 nitrogen and oxygen atoms in total. The lowest BCUT2D eigenvalue weighted by molar-refractivity contribution is -0.153. The maximum Gasteiger partial charge on any atom is 0.422 e. The lowest BCUT2D eigenvalue weighted by atomic mass is 10.1. The number of hydrogen-bond acceptors (Lipinski definition) is 3. The van der Waals surface area contributed by atoms with Crippen molar-refractivity contribution in [2.45, 2.75) is 26.1 Å². The molecule has 0 aliphatic rings. The summed E-state index contributed by atoms with van der Waals surface area (Å²) >= 11 is 0. The highest BCUT2D eigenvalue weighted by Crippen LogP contribution is 2.21. The van der Waals surface area contributed by atoms with Gasteiger partial charge in [0.15, 0.2) is 6.61 Å². The van der Waals surface area contributed by atoms with Crippen LogP contribution in [-0.4, -0.2) is 48.4 Å². The van der Waals surface area contributed by atoms with E-state index in [1.54, 1.807) is 19.1 Å². The maximum absolute atomic E-state index is 12.1. The van der Waals surface area contributed by atoms with Crippen molar-refractivity contribution < 1.29 is 32.6 Å². The van der Waals surface area contributed by atoms with Gasteiger partial charge in [0, 0.05) is 13.6 Å². The van der Waals surface area contributed by atoms with E-state index in [4.69, 9.17) is 5.11 Å². The molecule has 0 saturated heterocycles. The van der Waals surface area contributed by atoms with Crippen LogP contribution in [0.5, 0.6) is 5.75 Å². The van der Waals surface area contributed by atoms with E-state index in [-0.39, 0.29) is 12.3 Å². The molecule has 2 N–H and O–H groups in total. The van der Waals surface area contributed by atoms with Crippen LogP contribution in [0.25, 0.3) is 0 Å². The molecule has 0 bridgehead atoms. The largest absolute Gasteiger partial charge is 0.484 e. The molecule has 1 aromatic carbocycles. The Morgan fingerprint density at radius 2 is 1.80 bits per heavy atom. The number of amides is 2. The summed E-state index contributed by atoms with van der Waals surface area (Å²) in [5.74, 6) is -1.62. The molecule has 140 valence electrons. The molecule has 0 aliphatic heterocycles. The number of halogens is 3. The van der Waals surface area contributed by atoms with E-state index in [0.717, 1.165) is 0 Å². The first kappa shape index (κ1) is 20.6. The Bertz CT molecular complexity index is 590. The van der Waals surface area contributed by atoms with Crippen LogP contribution in [0.3, 0.4) is 0 Å². The number of hydrogen-bond donors (Lipinski definition) is 2. The quantitative estimate of drug-likeness (QED) is 0.781. The van der Waals surface area contributed by atoms with E-state index in [2.05, 4.69) is 10.1 Å². The van der Waals surface area contributed by atoms with Crippen LogP contribution in [0.15, 0.2) is 24.3 Å². The average Bonchev–Trinajstić information content (AvgIpc) is 2.52. The van der Waals surface area contributed by atoms with Crippen molar-refractivity contribution in [1.82, 2.24) is 10.2 Å². The van der Waals surface area contributed by atoms with Crippen molar-refractivity contribution in [2.24, 2.45) is 5.92 Å².